The number of hydrogen-bond donors (Lipinski definition) is 1. The molecule has 0 fully saturated rings. The van der Waals surface area contributed by atoms with Gasteiger partial charge in [-0.1, -0.05) is 12.1 Å². The van der Waals surface area contributed by atoms with E-state index in [0.717, 1.165) is 35.0 Å². The number of hydrogen-bond acceptors (Lipinski definition) is 5. The van der Waals surface area contributed by atoms with E-state index in [4.69, 9.17) is 4.52 Å². The van der Waals surface area contributed by atoms with E-state index < -0.39 is 0 Å². The van der Waals surface area contributed by atoms with Crippen molar-refractivity contribution in [1.82, 2.24) is 15.1 Å². The average molecular weight is 232 g/mol. The van der Waals surface area contributed by atoms with Gasteiger partial charge in [0.05, 0.1) is 5.69 Å². The van der Waals surface area contributed by atoms with Crippen LogP contribution in [-0.2, 0) is 13.0 Å². The van der Waals surface area contributed by atoms with Gasteiger partial charge in [-0.2, -0.15) is 0 Å². The minimum absolute atomic E-state index is 0.668. The van der Waals surface area contributed by atoms with Crippen LogP contribution in [0.3, 0.4) is 0 Å². The molecular weight excluding hydrogens is 216 g/mol. The van der Waals surface area contributed by atoms with Gasteiger partial charge in [0.25, 0.3) is 0 Å². The van der Waals surface area contributed by atoms with Gasteiger partial charge in [0.15, 0.2) is 0 Å². The maximum absolute atomic E-state index is 5.11. The van der Waals surface area contributed by atoms with Crippen molar-refractivity contribution in [2.45, 2.75) is 33.7 Å². The monoisotopic (exact) mass is 232 g/mol. The van der Waals surface area contributed by atoms with Crippen LogP contribution in [-0.4, -0.2) is 15.1 Å². The van der Waals surface area contributed by atoms with E-state index in [-0.39, 0.29) is 0 Å². The molecule has 17 heavy (non-hydrogen) atoms. The molecule has 0 aliphatic heterocycles. The first-order valence-electron chi connectivity index (χ1n) is 5.67. The molecule has 2 aromatic heterocycles. The number of aromatic nitrogens is 3. The zero-order valence-electron chi connectivity index (χ0n) is 10.3. The van der Waals surface area contributed by atoms with Crippen molar-refractivity contribution in [1.29, 1.82) is 0 Å². The largest absolute Gasteiger partial charge is 0.366 e. The van der Waals surface area contributed by atoms with E-state index in [2.05, 4.69) is 27.4 Å². The molecule has 0 radical (unpaired) electrons. The van der Waals surface area contributed by atoms with Crippen molar-refractivity contribution >= 4 is 5.82 Å². The van der Waals surface area contributed by atoms with Gasteiger partial charge in [0.2, 0.25) is 0 Å². The third kappa shape index (κ3) is 2.61. The summed E-state index contributed by atoms with van der Waals surface area (Å²) in [4.78, 5) is 8.33. The van der Waals surface area contributed by atoms with Crippen molar-refractivity contribution in [3.63, 3.8) is 0 Å². The lowest BCUT2D eigenvalue weighted by Gasteiger charge is -2.05. The minimum atomic E-state index is 0.668. The van der Waals surface area contributed by atoms with Gasteiger partial charge >= 0.3 is 0 Å². The molecule has 90 valence electrons. The molecule has 2 rings (SSSR count). The first kappa shape index (κ1) is 11.6. The van der Waals surface area contributed by atoms with Crippen LogP contribution in [0.5, 0.6) is 0 Å². The Morgan fingerprint density at radius 3 is 2.76 bits per heavy atom. The highest BCUT2D eigenvalue weighted by molar-refractivity contribution is 5.37. The molecule has 0 atom stereocenters. The van der Waals surface area contributed by atoms with Crippen molar-refractivity contribution in [3.05, 3.63) is 35.1 Å². The number of anilines is 1. The Hall–Kier alpha value is -1.91. The topological polar surface area (TPSA) is 63.8 Å². The molecule has 2 aromatic rings. The molecule has 5 nitrogen and oxygen atoms in total. The summed E-state index contributed by atoms with van der Waals surface area (Å²) in [5.74, 6) is 1.68. The molecule has 2 heterocycles. The molecule has 0 spiro atoms. The highest BCUT2D eigenvalue weighted by Crippen LogP contribution is 2.14. The van der Waals surface area contributed by atoms with Gasteiger partial charge in [0, 0.05) is 23.9 Å². The summed E-state index contributed by atoms with van der Waals surface area (Å²) in [5, 5.41) is 7.17. The zero-order valence-corrected chi connectivity index (χ0v) is 10.3. The van der Waals surface area contributed by atoms with Gasteiger partial charge in [-0.15, -0.1) is 0 Å². The van der Waals surface area contributed by atoms with Gasteiger partial charge in [-0.05, 0) is 20.3 Å². The molecule has 0 saturated carbocycles. The first-order chi connectivity index (χ1) is 8.20. The molecular formula is C12H16N4O. The minimum Gasteiger partial charge on any atom is -0.366 e. The second kappa shape index (κ2) is 4.95. The normalized spacial score (nSPS) is 10.5. The summed E-state index contributed by atoms with van der Waals surface area (Å²) >= 11 is 0. The summed E-state index contributed by atoms with van der Waals surface area (Å²) in [6.45, 7) is 6.58. The fourth-order valence-electron chi connectivity index (χ4n) is 1.62. The second-order valence-corrected chi connectivity index (χ2v) is 3.90. The predicted molar refractivity (Wildman–Crippen MR) is 64.7 cm³/mol. The Morgan fingerprint density at radius 2 is 2.12 bits per heavy atom. The third-order valence-electron chi connectivity index (χ3n) is 2.71. The van der Waals surface area contributed by atoms with Crippen LogP contribution >= 0.6 is 0 Å². The van der Waals surface area contributed by atoms with Crippen LogP contribution in [0.1, 0.15) is 29.6 Å². The SMILES string of the molecule is CCc1cc(NCc2c(C)noc2C)ncn1. The molecule has 0 amide bonds. The van der Waals surface area contributed by atoms with Crippen LogP contribution in [0.4, 0.5) is 5.82 Å². The van der Waals surface area contributed by atoms with Crippen LogP contribution in [0.2, 0.25) is 0 Å². The first-order valence-corrected chi connectivity index (χ1v) is 5.67. The molecule has 0 saturated heterocycles. The van der Waals surface area contributed by atoms with Crippen molar-refractivity contribution < 1.29 is 4.52 Å². The highest BCUT2D eigenvalue weighted by atomic mass is 16.5. The molecule has 0 aliphatic rings. The summed E-state index contributed by atoms with van der Waals surface area (Å²) < 4.78 is 5.11. The van der Waals surface area contributed by atoms with Crippen LogP contribution in [0, 0.1) is 13.8 Å². The summed E-state index contributed by atoms with van der Waals surface area (Å²) in [5.41, 5.74) is 3.03. The summed E-state index contributed by atoms with van der Waals surface area (Å²) in [6, 6.07) is 1.96. The van der Waals surface area contributed by atoms with E-state index in [9.17, 15) is 0 Å². The Bertz CT molecular complexity index is 487. The highest BCUT2D eigenvalue weighted by Gasteiger charge is 2.08. The van der Waals surface area contributed by atoms with E-state index >= 15 is 0 Å². The predicted octanol–water partition coefficient (Wildman–Crippen LogP) is 2.26. The fraction of sp³-hybridized carbons (Fsp3) is 0.417. The van der Waals surface area contributed by atoms with Crippen LogP contribution in [0.25, 0.3) is 0 Å². The van der Waals surface area contributed by atoms with Gasteiger partial charge < -0.3 is 9.84 Å². The summed E-state index contributed by atoms with van der Waals surface area (Å²) in [6.07, 6.45) is 2.48. The van der Waals surface area contributed by atoms with E-state index in [1.807, 2.05) is 19.9 Å². The number of nitrogens with one attached hydrogen (secondary N) is 1. The Labute approximate surface area is 100 Å². The van der Waals surface area contributed by atoms with E-state index in [0.29, 0.717) is 6.54 Å². The van der Waals surface area contributed by atoms with Crippen molar-refractivity contribution in [2.24, 2.45) is 0 Å². The van der Waals surface area contributed by atoms with Gasteiger partial charge in [-0.3, -0.25) is 0 Å². The maximum Gasteiger partial charge on any atom is 0.138 e. The number of aryl methyl sites for hydroxylation is 3. The number of nitrogens with zero attached hydrogens (tertiary/aromatic N) is 3. The molecule has 0 unspecified atom stereocenters. The van der Waals surface area contributed by atoms with E-state index in [1.165, 1.54) is 0 Å². The number of rotatable bonds is 4. The standard InChI is InChI=1S/C12H16N4O/c1-4-10-5-12(15-7-14-10)13-6-11-8(2)16-17-9(11)3/h5,7H,4,6H2,1-3H3,(H,13,14,15). The lowest BCUT2D eigenvalue weighted by Crippen LogP contribution is -2.04. The van der Waals surface area contributed by atoms with Crippen molar-refractivity contribution in [2.75, 3.05) is 5.32 Å². The van der Waals surface area contributed by atoms with Crippen LogP contribution in [0.15, 0.2) is 16.9 Å². The average Bonchev–Trinajstić information content (AvgIpc) is 2.67. The Morgan fingerprint density at radius 1 is 1.29 bits per heavy atom. The zero-order chi connectivity index (χ0) is 12.3. The summed E-state index contributed by atoms with van der Waals surface area (Å²) in [7, 11) is 0. The molecule has 1 N–H and O–H groups in total. The Kier molecular flexibility index (Phi) is 3.37. The smallest absolute Gasteiger partial charge is 0.138 e. The van der Waals surface area contributed by atoms with Gasteiger partial charge in [-0.25, -0.2) is 9.97 Å². The molecule has 0 aliphatic carbocycles. The van der Waals surface area contributed by atoms with E-state index in [1.54, 1.807) is 6.33 Å². The lowest BCUT2D eigenvalue weighted by molar-refractivity contribution is 0.392. The molecule has 0 aromatic carbocycles. The van der Waals surface area contributed by atoms with Crippen molar-refractivity contribution in [3.8, 4) is 0 Å². The lowest BCUT2D eigenvalue weighted by atomic mass is 10.2. The fourth-order valence-corrected chi connectivity index (χ4v) is 1.62. The second-order valence-electron chi connectivity index (χ2n) is 3.90. The molecule has 0 bridgehead atoms. The third-order valence-corrected chi connectivity index (χ3v) is 2.71. The quantitative estimate of drug-likeness (QED) is 0.876. The van der Waals surface area contributed by atoms with Gasteiger partial charge in [0.1, 0.15) is 17.9 Å². The Balaban J connectivity index is 2.07. The van der Waals surface area contributed by atoms with Crippen LogP contribution < -0.4 is 5.32 Å². The maximum atomic E-state index is 5.11. The molecule has 5 heteroatoms.